The standard InChI is InChI=1S/C18H20ClN3O2/c1-22(2)17(23)11-8-13-6-9-15(10-7-13)20-18(24)21-16-5-3-4-14(19)12-16/h3-7,9-10,12H,8,11H2,1-2H3,(H2,20,21,24). The Balaban J connectivity index is 1.87. The van der Waals surface area contributed by atoms with Gasteiger partial charge in [-0.2, -0.15) is 0 Å². The minimum Gasteiger partial charge on any atom is -0.349 e. The van der Waals surface area contributed by atoms with E-state index in [9.17, 15) is 9.59 Å². The van der Waals surface area contributed by atoms with Gasteiger partial charge in [-0.3, -0.25) is 4.79 Å². The number of benzene rings is 2. The second-order valence-electron chi connectivity index (χ2n) is 5.57. The first kappa shape index (κ1) is 17.8. The summed E-state index contributed by atoms with van der Waals surface area (Å²) in [6.07, 6.45) is 1.14. The Bertz CT molecular complexity index is 714. The molecule has 0 atom stereocenters. The Labute approximate surface area is 146 Å². The smallest absolute Gasteiger partial charge is 0.323 e. The van der Waals surface area contributed by atoms with Crippen LogP contribution in [0.4, 0.5) is 16.2 Å². The number of urea groups is 1. The number of hydrogen-bond donors (Lipinski definition) is 2. The third kappa shape index (κ3) is 5.59. The summed E-state index contributed by atoms with van der Waals surface area (Å²) < 4.78 is 0. The summed E-state index contributed by atoms with van der Waals surface area (Å²) >= 11 is 5.88. The minimum atomic E-state index is -0.340. The minimum absolute atomic E-state index is 0.0955. The molecular weight excluding hydrogens is 326 g/mol. The van der Waals surface area contributed by atoms with Crippen LogP contribution in [0.25, 0.3) is 0 Å². The van der Waals surface area contributed by atoms with Crippen LogP contribution in [0.15, 0.2) is 48.5 Å². The number of rotatable bonds is 5. The summed E-state index contributed by atoms with van der Waals surface area (Å²) in [6, 6.07) is 14.0. The second kappa shape index (κ2) is 8.36. The van der Waals surface area contributed by atoms with Crippen LogP contribution in [0.2, 0.25) is 5.02 Å². The summed E-state index contributed by atoms with van der Waals surface area (Å²) in [6.45, 7) is 0. The van der Waals surface area contributed by atoms with Crippen molar-refractivity contribution in [1.82, 2.24) is 4.90 Å². The van der Waals surface area contributed by atoms with Crippen molar-refractivity contribution < 1.29 is 9.59 Å². The predicted molar refractivity (Wildman–Crippen MR) is 97.6 cm³/mol. The van der Waals surface area contributed by atoms with E-state index in [1.807, 2.05) is 24.3 Å². The summed E-state index contributed by atoms with van der Waals surface area (Å²) in [5.41, 5.74) is 2.35. The fourth-order valence-corrected chi connectivity index (χ4v) is 2.28. The molecule has 0 saturated heterocycles. The van der Waals surface area contributed by atoms with Crippen molar-refractivity contribution in [3.8, 4) is 0 Å². The number of aryl methyl sites for hydroxylation is 1. The Hall–Kier alpha value is -2.53. The molecule has 0 bridgehead atoms. The van der Waals surface area contributed by atoms with Crippen LogP contribution >= 0.6 is 11.6 Å². The number of nitrogens with zero attached hydrogens (tertiary/aromatic N) is 1. The summed E-state index contributed by atoms with van der Waals surface area (Å²) in [4.78, 5) is 25.1. The average Bonchev–Trinajstić information content (AvgIpc) is 2.53. The molecule has 2 rings (SSSR count). The average molecular weight is 346 g/mol. The molecule has 0 heterocycles. The Morgan fingerprint density at radius 1 is 1.00 bits per heavy atom. The number of nitrogens with one attached hydrogen (secondary N) is 2. The monoisotopic (exact) mass is 345 g/mol. The van der Waals surface area contributed by atoms with E-state index >= 15 is 0 Å². The predicted octanol–water partition coefficient (Wildman–Crippen LogP) is 4.00. The van der Waals surface area contributed by atoms with E-state index in [0.29, 0.717) is 29.2 Å². The maximum Gasteiger partial charge on any atom is 0.323 e. The van der Waals surface area contributed by atoms with Crippen LogP contribution in [-0.2, 0) is 11.2 Å². The van der Waals surface area contributed by atoms with E-state index in [2.05, 4.69) is 10.6 Å². The number of halogens is 1. The Kier molecular flexibility index (Phi) is 6.21. The highest BCUT2D eigenvalue weighted by molar-refractivity contribution is 6.30. The van der Waals surface area contributed by atoms with Crippen LogP contribution in [0, 0.1) is 0 Å². The lowest BCUT2D eigenvalue weighted by Crippen LogP contribution is -2.21. The second-order valence-corrected chi connectivity index (χ2v) is 6.01. The van der Waals surface area contributed by atoms with Gasteiger partial charge in [-0.05, 0) is 42.3 Å². The van der Waals surface area contributed by atoms with Gasteiger partial charge in [0.05, 0.1) is 0 Å². The molecule has 0 unspecified atom stereocenters. The topological polar surface area (TPSA) is 61.4 Å². The number of hydrogen-bond acceptors (Lipinski definition) is 2. The SMILES string of the molecule is CN(C)C(=O)CCc1ccc(NC(=O)Nc2cccc(Cl)c2)cc1. The van der Waals surface area contributed by atoms with Gasteiger partial charge in [0.1, 0.15) is 0 Å². The van der Waals surface area contributed by atoms with Crippen LogP contribution in [0.5, 0.6) is 0 Å². The highest BCUT2D eigenvalue weighted by Gasteiger charge is 2.06. The van der Waals surface area contributed by atoms with Gasteiger partial charge in [0.2, 0.25) is 5.91 Å². The number of anilines is 2. The molecule has 2 aromatic rings. The molecule has 2 N–H and O–H groups in total. The number of carbonyl (C=O) groups excluding carboxylic acids is 2. The molecule has 0 aliphatic carbocycles. The molecule has 0 aliphatic rings. The third-order valence-corrected chi connectivity index (χ3v) is 3.66. The van der Waals surface area contributed by atoms with Gasteiger partial charge in [0.15, 0.2) is 0 Å². The van der Waals surface area contributed by atoms with Crippen LogP contribution in [-0.4, -0.2) is 30.9 Å². The van der Waals surface area contributed by atoms with Gasteiger partial charge in [0.25, 0.3) is 0 Å². The van der Waals surface area contributed by atoms with E-state index in [0.717, 1.165) is 5.56 Å². The van der Waals surface area contributed by atoms with E-state index in [4.69, 9.17) is 11.6 Å². The lowest BCUT2D eigenvalue weighted by atomic mass is 10.1. The molecule has 0 fully saturated rings. The fraction of sp³-hybridized carbons (Fsp3) is 0.222. The van der Waals surface area contributed by atoms with Gasteiger partial charge in [-0.25, -0.2) is 4.79 Å². The van der Waals surface area contributed by atoms with E-state index in [-0.39, 0.29) is 11.9 Å². The van der Waals surface area contributed by atoms with E-state index in [1.165, 1.54) is 0 Å². The molecule has 24 heavy (non-hydrogen) atoms. The molecule has 0 saturated carbocycles. The van der Waals surface area contributed by atoms with Crippen molar-refractivity contribution in [2.24, 2.45) is 0 Å². The zero-order valence-electron chi connectivity index (χ0n) is 13.7. The molecule has 6 heteroatoms. The van der Waals surface area contributed by atoms with Crippen LogP contribution in [0.1, 0.15) is 12.0 Å². The first-order valence-electron chi connectivity index (χ1n) is 7.57. The number of amides is 3. The molecule has 0 aromatic heterocycles. The summed E-state index contributed by atoms with van der Waals surface area (Å²) in [5, 5.41) is 6.03. The van der Waals surface area contributed by atoms with Crippen LogP contribution in [0.3, 0.4) is 0 Å². The molecule has 0 spiro atoms. The molecule has 3 amide bonds. The molecular formula is C18H20ClN3O2. The van der Waals surface area contributed by atoms with Gasteiger partial charge < -0.3 is 15.5 Å². The first-order valence-corrected chi connectivity index (χ1v) is 7.94. The van der Waals surface area contributed by atoms with Crippen LogP contribution < -0.4 is 10.6 Å². The zero-order valence-corrected chi connectivity index (χ0v) is 14.4. The Morgan fingerprint density at radius 3 is 2.29 bits per heavy atom. The maximum atomic E-state index is 12.0. The highest BCUT2D eigenvalue weighted by atomic mass is 35.5. The molecule has 2 aromatic carbocycles. The van der Waals surface area contributed by atoms with Crippen molar-refractivity contribution in [3.63, 3.8) is 0 Å². The fourth-order valence-electron chi connectivity index (χ4n) is 2.09. The molecule has 0 aliphatic heterocycles. The summed E-state index contributed by atoms with van der Waals surface area (Å²) in [5.74, 6) is 0.0955. The molecule has 126 valence electrons. The highest BCUT2D eigenvalue weighted by Crippen LogP contribution is 2.16. The van der Waals surface area contributed by atoms with Gasteiger partial charge in [-0.1, -0.05) is 29.8 Å². The van der Waals surface area contributed by atoms with Crippen molar-refractivity contribution in [2.75, 3.05) is 24.7 Å². The zero-order chi connectivity index (χ0) is 17.5. The van der Waals surface area contributed by atoms with Gasteiger partial charge in [0, 0.05) is 36.9 Å². The summed E-state index contributed by atoms with van der Waals surface area (Å²) in [7, 11) is 3.49. The quantitative estimate of drug-likeness (QED) is 0.860. The van der Waals surface area contributed by atoms with Gasteiger partial charge >= 0.3 is 6.03 Å². The lowest BCUT2D eigenvalue weighted by molar-refractivity contribution is -0.128. The number of carbonyl (C=O) groups is 2. The van der Waals surface area contributed by atoms with E-state index in [1.54, 1.807) is 43.3 Å². The normalized spacial score (nSPS) is 10.1. The van der Waals surface area contributed by atoms with Crippen molar-refractivity contribution >= 4 is 34.9 Å². The first-order chi connectivity index (χ1) is 11.4. The van der Waals surface area contributed by atoms with Crippen molar-refractivity contribution in [1.29, 1.82) is 0 Å². The molecule has 0 radical (unpaired) electrons. The Morgan fingerprint density at radius 2 is 1.67 bits per heavy atom. The van der Waals surface area contributed by atoms with Crippen molar-refractivity contribution in [2.45, 2.75) is 12.8 Å². The maximum absolute atomic E-state index is 12.0. The van der Waals surface area contributed by atoms with E-state index < -0.39 is 0 Å². The lowest BCUT2D eigenvalue weighted by Gasteiger charge is -2.10. The van der Waals surface area contributed by atoms with Gasteiger partial charge in [-0.15, -0.1) is 0 Å². The largest absolute Gasteiger partial charge is 0.349 e. The third-order valence-electron chi connectivity index (χ3n) is 3.42. The molecule has 5 nitrogen and oxygen atoms in total. The van der Waals surface area contributed by atoms with Crippen molar-refractivity contribution in [3.05, 3.63) is 59.1 Å².